The van der Waals surface area contributed by atoms with Gasteiger partial charge in [-0.25, -0.2) is 0 Å². The molecule has 14 heavy (non-hydrogen) atoms. The summed E-state index contributed by atoms with van der Waals surface area (Å²) in [5, 5.41) is 9.41. The molecule has 1 atom stereocenters. The molecule has 0 saturated carbocycles. The van der Waals surface area contributed by atoms with Crippen LogP contribution in [0.15, 0.2) is 12.1 Å². The summed E-state index contributed by atoms with van der Waals surface area (Å²) >= 11 is 0. The van der Waals surface area contributed by atoms with Crippen molar-refractivity contribution in [1.82, 2.24) is 0 Å². The minimum absolute atomic E-state index is 0.498. The second-order valence-electron chi connectivity index (χ2n) is 3.01. The summed E-state index contributed by atoms with van der Waals surface area (Å²) in [4.78, 5) is 0. The summed E-state index contributed by atoms with van der Waals surface area (Å²) in [6.45, 7) is 1.65. The standard InChI is InChI=1S/C10H15NO3/c1-6(12)7-4-9(13-2)10(14-3)5-8(7)11/h4-6,12H,11H2,1-3H3/t6-/m0/s1. The molecule has 0 aliphatic rings. The number of methoxy groups -OCH3 is 2. The highest BCUT2D eigenvalue weighted by atomic mass is 16.5. The molecule has 78 valence electrons. The van der Waals surface area contributed by atoms with Crippen LogP contribution in [0.5, 0.6) is 11.5 Å². The van der Waals surface area contributed by atoms with E-state index in [0.717, 1.165) is 0 Å². The van der Waals surface area contributed by atoms with Crippen LogP contribution >= 0.6 is 0 Å². The van der Waals surface area contributed by atoms with Gasteiger partial charge in [-0.1, -0.05) is 0 Å². The average Bonchev–Trinajstić information content (AvgIpc) is 2.16. The monoisotopic (exact) mass is 197 g/mol. The summed E-state index contributed by atoms with van der Waals surface area (Å²) in [6.07, 6.45) is -0.616. The number of nitrogens with two attached hydrogens (primary N) is 1. The molecule has 1 aromatic rings. The van der Waals surface area contributed by atoms with Crippen LogP contribution in [0.3, 0.4) is 0 Å². The molecule has 0 aliphatic carbocycles. The summed E-state index contributed by atoms with van der Waals surface area (Å²) < 4.78 is 10.2. The molecule has 1 aromatic carbocycles. The van der Waals surface area contributed by atoms with Gasteiger partial charge in [-0.15, -0.1) is 0 Å². The highest BCUT2D eigenvalue weighted by molar-refractivity contribution is 5.58. The van der Waals surface area contributed by atoms with Gasteiger partial charge in [-0.2, -0.15) is 0 Å². The molecule has 0 aliphatic heterocycles. The zero-order valence-electron chi connectivity index (χ0n) is 8.57. The fraction of sp³-hybridized carbons (Fsp3) is 0.400. The van der Waals surface area contributed by atoms with E-state index in [1.807, 2.05) is 0 Å². The van der Waals surface area contributed by atoms with E-state index >= 15 is 0 Å². The van der Waals surface area contributed by atoms with Crippen molar-refractivity contribution in [2.24, 2.45) is 0 Å². The van der Waals surface area contributed by atoms with Crippen LogP contribution in [0.1, 0.15) is 18.6 Å². The Bertz CT molecular complexity index is 323. The highest BCUT2D eigenvalue weighted by Gasteiger charge is 2.12. The van der Waals surface area contributed by atoms with Crippen LogP contribution in [-0.4, -0.2) is 19.3 Å². The number of aliphatic hydroxyl groups is 1. The lowest BCUT2D eigenvalue weighted by Gasteiger charge is -2.13. The Hall–Kier alpha value is -1.42. The molecule has 0 radical (unpaired) electrons. The van der Waals surface area contributed by atoms with Crippen LogP contribution in [0.4, 0.5) is 5.69 Å². The molecule has 0 unspecified atom stereocenters. The zero-order chi connectivity index (χ0) is 10.7. The number of aliphatic hydroxyl groups excluding tert-OH is 1. The van der Waals surface area contributed by atoms with Crippen molar-refractivity contribution >= 4 is 5.69 Å². The first kappa shape index (κ1) is 10.7. The van der Waals surface area contributed by atoms with Gasteiger partial charge in [0.25, 0.3) is 0 Å². The Kier molecular flexibility index (Phi) is 3.19. The number of benzene rings is 1. The second-order valence-corrected chi connectivity index (χ2v) is 3.01. The summed E-state index contributed by atoms with van der Waals surface area (Å²) in [5.41, 5.74) is 6.87. The topological polar surface area (TPSA) is 64.7 Å². The number of anilines is 1. The van der Waals surface area contributed by atoms with Crippen LogP contribution < -0.4 is 15.2 Å². The zero-order valence-corrected chi connectivity index (χ0v) is 8.57. The largest absolute Gasteiger partial charge is 0.493 e. The lowest BCUT2D eigenvalue weighted by molar-refractivity contribution is 0.199. The Morgan fingerprint density at radius 2 is 1.71 bits per heavy atom. The van der Waals surface area contributed by atoms with Gasteiger partial charge in [0.1, 0.15) is 0 Å². The number of nitrogen functional groups attached to an aromatic ring is 1. The predicted octanol–water partition coefficient (Wildman–Crippen LogP) is 1.34. The van der Waals surface area contributed by atoms with Crippen molar-refractivity contribution in [1.29, 1.82) is 0 Å². The predicted molar refractivity (Wildman–Crippen MR) is 54.6 cm³/mol. The SMILES string of the molecule is COc1cc(N)c([C@H](C)O)cc1OC. The molecule has 0 saturated heterocycles. The molecule has 0 bridgehead atoms. The van der Waals surface area contributed by atoms with E-state index in [1.165, 1.54) is 0 Å². The van der Waals surface area contributed by atoms with Crippen molar-refractivity contribution in [3.8, 4) is 11.5 Å². The lowest BCUT2D eigenvalue weighted by Crippen LogP contribution is -2.01. The third-order valence-corrected chi connectivity index (χ3v) is 2.04. The molecule has 0 spiro atoms. The fourth-order valence-corrected chi connectivity index (χ4v) is 1.27. The molecule has 0 amide bonds. The van der Waals surface area contributed by atoms with E-state index in [0.29, 0.717) is 22.7 Å². The third-order valence-electron chi connectivity index (χ3n) is 2.04. The smallest absolute Gasteiger partial charge is 0.162 e. The number of ether oxygens (including phenoxy) is 2. The normalized spacial score (nSPS) is 12.3. The highest BCUT2D eigenvalue weighted by Crippen LogP contribution is 2.34. The van der Waals surface area contributed by atoms with E-state index in [2.05, 4.69) is 0 Å². The van der Waals surface area contributed by atoms with Crippen molar-refractivity contribution in [3.05, 3.63) is 17.7 Å². The summed E-state index contributed by atoms with van der Waals surface area (Å²) in [7, 11) is 3.08. The Morgan fingerprint density at radius 3 is 2.14 bits per heavy atom. The van der Waals surface area contributed by atoms with E-state index in [-0.39, 0.29) is 0 Å². The van der Waals surface area contributed by atoms with Gasteiger partial charge in [-0.3, -0.25) is 0 Å². The fourth-order valence-electron chi connectivity index (χ4n) is 1.27. The maximum atomic E-state index is 9.41. The molecule has 4 heteroatoms. The lowest BCUT2D eigenvalue weighted by atomic mass is 10.1. The molecule has 1 rings (SSSR count). The first-order chi connectivity index (χ1) is 6.60. The van der Waals surface area contributed by atoms with Crippen molar-refractivity contribution in [3.63, 3.8) is 0 Å². The Labute approximate surface area is 83.3 Å². The van der Waals surface area contributed by atoms with E-state index in [1.54, 1.807) is 33.3 Å². The van der Waals surface area contributed by atoms with Gasteiger partial charge in [0.2, 0.25) is 0 Å². The minimum Gasteiger partial charge on any atom is -0.493 e. The Morgan fingerprint density at radius 1 is 1.21 bits per heavy atom. The van der Waals surface area contributed by atoms with Gasteiger partial charge in [-0.05, 0) is 13.0 Å². The number of hydrogen-bond acceptors (Lipinski definition) is 4. The maximum Gasteiger partial charge on any atom is 0.162 e. The van der Waals surface area contributed by atoms with Gasteiger partial charge < -0.3 is 20.3 Å². The van der Waals surface area contributed by atoms with Crippen molar-refractivity contribution in [2.75, 3.05) is 20.0 Å². The van der Waals surface area contributed by atoms with Gasteiger partial charge in [0.05, 0.1) is 20.3 Å². The molecular weight excluding hydrogens is 182 g/mol. The van der Waals surface area contributed by atoms with Crippen LogP contribution in [0, 0.1) is 0 Å². The van der Waals surface area contributed by atoms with Crippen molar-refractivity contribution < 1.29 is 14.6 Å². The quantitative estimate of drug-likeness (QED) is 0.718. The second kappa shape index (κ2) is 4.19. The third kappa shape index (κ3) is 1.90. The van der Waals surface area contributed by atoms with E-state index in [9.17, 15) is 5.11 Å². The average molecular weight is 197 g/mol. The minimum atomic E-state index is -0.616. The molecular formula is C10H15NO3. The van der Waals surface area contributed by atoms with Gasteiger partial charge in [0, 0.05) is 17.3 Å². The number of hydrogen-bond donors (Lipinski definition) is 2. The Balaban J connectivity index is 3.23. The maximum absolute atomic E-state index is 9.41. The molecule has 0 aromatic heterocycles. The van der Waals surface area contributed by atoms with E-state index in [4.69, 9.17) is 15.2 Å². The van der Waals surface area contributed by atoms with Crippen molar-refractivity contribution in [2.45, 2.75) is 13.0 Å². The first-order valence-corrected chi connectivity index (χ1v) is 4.29. The van der Waals surface area contributed by atoms with Gasteiger partial charge in [0.15, 0.2) is 11.5 Å². The summed E-state index contributed by atoms with van der Waals surface area (Å²) in [5.74, 6) is 1.13. The summed E-state index contributed by atoms with van der Waals surface area (Å²) in [6, 6.07) is 3.32. The van der Waals surface area contributed by atoms with Crippen LogP contribution in [-0.2, 0) is 0 Å². The molecule has 4 nitrogen and oxygen atoms in total. The number of rotatable bonds is 3. The van der Waals surface area contributed by atoms with Crippen LogP contribution in [0.25, 0.3) is 0 Å². The van der Waals surface area contributed by atoms with Gasteiger partial charge >= 0.3 is 0 Å². The van der Waals surface area contributed by atoms with E-state index < -0.39 is 6.10 Å². The molecule has 0 heterocycles. The molecule has 3 N–H and O–H groups in total. The first-order valence-electron chi connectivity index (χ1n) is 4.29. The molecule has 0 fully saturated rings. The van der Waals surface area contributed by atoms with Crippen LogP contribution in [0.2, 0.25) is 0 Å².